The minimum absolute atomic E-state index is 0.222. The fourth-order valence-corrected chi connectivity index (χ4v) is 1.62. The lowest BCUT2D eigenvalue weighted by Gasteiger charge is -2.21. The Balaban J connectivity index is 2.68. The number of rotatable bonds is 6. The van der Waals surface area contributed by atoms with Gasteiger partial charge in [0.1, 0.15) is 6.04 Å². The molecule has 0 aromatic heterocycles. The van der Waals surface area contributed by atoms with Crippen molar-refractivity contribution in [2.24, 2.45) is 0 Å². The summed E-state index contributed by atoms with van der Waals surface area (Å²) in [5.41, 5.74) is 1.79. The third kappa shape index (κ3) is 4.55. The van der Waals surface area contributed by atoms with Crippen molar-refractivity contribution in [3.63, 3.8) is 0 Å². The largest absolute Gasteiger partial charge is 0.480 e. The van der Waals surface area contributed by atoms with Crippen molar-refractivity contribution in [3.8, 4) is 0 Å². The van der Waals surface area contributed by atoms with Gasteiger partial charge in [-0.3, -0.25) is 4.90 Å². The summed E-state index contributed by atoms with van der Waals surface area (Å²) < 4.78 is 4.83. The maximum Gasteiger partial charge on any atom is 0.326 e. The molecular formula is C14H20N2O4. The number of carbonyl (C=O) groups is 2. The summed E-state index contributed by atoms with van der Waals surface area (Å²) in [6.45, 7) is 2.22. The predicted octanol–water partition coefficient (Wildman–Crippen LogP) is 1.63. The van der Waals surface area contributed by atoms with Gasteiger partial charge in [-0.05, 0) is 19.1 Å². The normalized spacial score (nSPS) is 11.8. The van der Waals surface area contributed by atoms with E-state index in [1.54, 1.807) is 19.2 Å². The fourth-order valence-electron chi connectivity index (χ4n) is 1.62. The van der Waals surface area contributed by atoms with Crippen LogP contribution in [-0.4, -0.2) is 43.9 Å². The summed E-state index contributed by atoms with van der Waals surface area (Å²) in [4.78, 5) is 24.5. The van der Waals surface area contributed by atoms with Crippen LogP contribution in [0, 0.1) is 6.92 Å². The van der Waals surface area contributed by atoms with E-state index >= 15 is 0 Å². The number of ether oxygens (including phenoxy) is 1. The number of carboxylic acid groups (broad SMARTS) is 1. The van der Waals surface area contributed by atoms with E-state index in [0.717, 1.165) is 5.56 Å². The SMILES string of the molecule is COCCC(NC(=O)N(C)c1ccc(C)cc1)C(=O)O. The second kappa shape index (κ2) is 7.49. The highest BCUT2D eigenvalue weighted by Gasteiger charge is 2.21. The lowest BCUT2D eigenvalue weighted by Crippen LogP contribution is -2.47. The molecule has 1 unspecified atom stereocenters. The molecule has 1 atom stereocenters. The summed E-state index contributed by atoms with van der Waals surface area (Å²) in [6.07, 6.45) is 0.222. The highest BCUT2D eigenvalue weighted by Crippen LogP contribution is 2.13. The second-order valence-corrected chi connectivity index (χ2v) is 4.52. The first-order valence-electron chi connectivity index (χ1n) is 6.28. The zero-order valence-electron chi connectivity index (χ0n) is 11.9. The molecule has 0 spiro atoms. The fraction of sp³-hybridized carbons (Fsp3) is 0.429. The lowest BCUT2D eigenvalue weighted by atomic mass is 10.2. The molecule has 0 aliphatic carbocycles. The quantitative estimate of drug-likeness (QED) is 0.830. The van der Waals surface area contributed by atoms with E-state index in [0.29, 0.717) is 5.69 Å². The van der Waals surface area contributed by atoms with Crippen LogP contribution in [0.2, 0.25) is 0 Å². The molecule has 6 nitrogen and oxygen atoms in total. The Bertz CT molecular complexity index is 459. The molecule has 0 heterocycles. The van der Waals surface area contributed by atoms with Crippen LogP contribution in [0.5, 0.6) is 0 Å². The van der Waals surface area contributed by atoms with E-state index < -0.39 is 18.0 Å². The average molecular weight is 280 g/mol. The van der Waals surface area contributed by atoms with E-state index in [1.807, 2.05) is 19.1 Å². The summed E-state index contributed by atoms with van der Waals surface area (Å²) in [5, 5.41) is 11.5. The number of urea groups is 1. The Morgan fingerprint density at radius 3 is 2.45 bits per heavy atom. The van der Waals surface area contributed by atoms with Gasteiger partial charge in [-0.1, -0.05) is 17.7 Å². The number of methoxy groups -OCH3 is 1. The minimum atomic E-state index is -1.08. The molecule has 1 aromatic rings. The molecule has 1 rings (SSSR count). The van der Waals surface area contributed by atoms with Crippen LogP contribution in [-0.2, 0) is 9.53 Å². The van der Waals surface area contributed by atoms with Crippen LogP contribution >= 0.6 is 0 Å². The first-order chi connectivity index (χ1) is 9.45. The summed E-state index contributed by atoms with van der Waals surface area (Å²) in [7, 11) is 3.08. The van der Waals surface area contributed by atoms with Crippen molar-refractivity contribution in [3.05, 3.63) is 29.8 Å². The Hall–Kier alpha value is -2.08. The number of anilines is 1. The zero-order chi connectivity index (χ0) is 15.1. The third-order valence-corrected chi connectivity index (χ3v) is 2.93. The van der Waals surface area contributed by atoms with Gasteiger partial charge in [0, 0.05) is 32.9 Å². The number of hydrogen-bond donors (Lipinski definition) is 2. The molecule has 0 aliphatic heterocycles. The van der Waals surface area contributed by atoms with Crippen LogP contribution in [0.1, 0.15) is 12.0 Å². The number of hydrogen-bond acceptors (Lipinski definition) is 3. The Morgan fingerprint density at radius 2 is 1.95 bits per heavy atom. The monoisotopic (exact) mass is 280 g/mol. The molecule has 6 heteroatoms. The molecular weight excluding hydrogens is 260 g/mol. The van der Waals surface area contributed by atoms with Crippen molar-refractivity contribution in [1.29, 1.82) is 0 Å². The van der Waals surface area contributed by atoms with Crippen molar-refractivity contribution in [2.75, 3.05) is 25.7 Å². The molecule has 2 N–H and O–H groups in total. The first-order valence-corrected chi connectivity index (χ1v) is 6.28. The van der Waals surface area contributed by atoms with Gasteiger partial charge in [0.2, 0.25) is 0 Å². The Morgan fingerprint density at radius 1 is 1.35 bits per heavy atom. The molecule has 1 aromatic carbocycles. The number of nitrogens with zero attached hydrogens (tertiary/aromatic N) is 1. The van der Waals surface area contributed by atoms with Crippen molar-refractivity contribution >= 4 is 17.7 Å². The van der Waals surface area contributed by atoms with E-state index in [2.05, 4.69) is 5.32 Å². The molecule has 0 aliphatic rings. The maximum absolute atomic E-state index is 12.0. The number of carbonyl (C=O) groups excluding carboxylic acids is 1. The molecule has 0 saturated heterocycles. The van der Waals surface area contributed by atoms with Crippen LogP contribution in [0.15, 0.2) is 24.3 Å². The summed E-state index contributed by atoms with van der Waals surface area (Å²) in [6, 6.07) is 5.96. The molecule has 0 fully saturated rings. The second-order valence-electron chi connectivity index (χ2n) is 4.52. The standard InChI is InChI=1S/C14H20N2O4/c1-10-4-6-11(7-5-10)16(2)14(19)15-12(13(17)18)8-9-20-3/h4-7,12H,8-9H2,1-3H3,(H,15,19)(H,17,18). The Labute approximate surface area is 118 Å². The summed E-state index contributed by atoms with van der Waals surface area (Å²) in [5.74, 6) is -1.08. The molecule has 110 valence electrons. The van der Waals surface area contributed by atoms with E-state index in [9.17, 15) is 9.59 Å². The van der Waals surface area contributed by atoms with Gasteiger partial charge < -0.3 is 15.2 Å². The molecule has 20 heavy (non-hydrogen) atoms. The van der Waals surface area contributed by atoms with E-state index in [4.69, 9.17) is 9.84 Å². The van der Waals surface area contributed by atoms with Crippen LogP contribution in [0.25, 0.3) is 0 Å². The Kier molecular flexibility index (Phi) is 5.99. The third-order valence-electron chi connectivity index (χ3n) is 2.93. The topological polar surface area (TPSA) is 78.9 Å². The molecule has 0 bridgehead atoms. The molecule has 0 saturated carbocycles. The number of benzene rings is 1. The van der Waals surface area contributed by atoms with Gasteiger partial charge in [0.15, 0.2) is 0 Å². The highest BCUT2D eigenvalue weighted by molar-refractivity contribution is 5.93. The number of aliphatic carboxylic acids is 1. The number of amides is 2. The lowest BCUT2D eigenvalue weighted by molar-refractivity contribution is -0.139. The molecule has 2 amide bonds. The minimum Gasteiger partial charge on any atom is -0.480 e. The number of nitrogens with one attached hydrogen (secondary N) is 1. The van der Waals surface area contributed by atoms with Crippen molar-refractivity contribution < 1.29 is 19.4 Å². The van der Waals surface area contributed by atoms with Gasteiger partial charge in [-0.2, -0.15) is 0 Å². The van der Waals surface area contributed by atoms with Gasteiger partial charge in [-0.15, -0.1) is 0 Å². The van der Waals surface area contributed by atoms with Gasteiger partial charge >= 0.3 is 12.0 Å². The van der Waals surface area contributed by atoms with Gasteiger partial charge in [0.25, 0.3) is 0 Å². The van der Waals surface area contributed by atoms with Crippen molar-refractivity contribution in [1.82, 2.24) is 5.32 Å². The van der Waals surface area contributed by atoms with Crippen LogP contribution in [0.3, 0.4) is 0 Å². The van der Waals surface area contributed by atoms with Crippen LogP contribution in [0.4, 0.5) is 10.5 Å². The van der Waals surface area contributed by atoms with Crippen molar-refractivity contribution in [2.45, 2.75) is 19.4 Å². The molecule has 0 radical (unpaired) electrons. The smallest absolute Gasteiger partial charge is 0.326 e. The van der Waals surface area contributed by atoms with Gasteiger partial charge in [0.05, 0.1) is 0 Å². The van der Waals surface area contributed by atoms with Crippen LogP contribution < -0.4 is 10.2 Å². The van der Waals surface area contributed by atoms with E-state index in [-0.39, 0.29) is 13.0 Å². The zero-order valence-corrected chi connectivity index (χ0v) is 11.9. The maximum atomic E-state index is 12.0. The average Bonchev–Trinajstić information content (AvgIpc) is 2.42. The number of carboxylic acids is 1. The highest BCUT2D eigenvalue weighted by atomic mass is 16.5. The first kappa shape index (κ1) is 16.0. The number of aryl methyl sites for hydroxylation is 1. The predicted molar refractivity (Wildman–Crippen MR) is 76.0 cm³/mol. The summed E-state index contributed by atoms with van der Waals surface area (Å²) >= 11 is 0. The van der Waals surface area contributed by atoms with E-state index in [1.165, 1.54) is 12.0 Å². The van der Waals surface area contributed by atoms with Gasteiger partial charge in [-0.25, -0.2) is 9.59 Å².